The molecule has 1 N–H and O–H groups in total. The Morgan fingerprint density at radius 1 is 1.03 bits per heavy atom. The molecule has 0 fully saturated rings. The van der Waals surface area contributed by atoms with Crippen molar-refractivity contribution >= 4 is 23.5 Å². The minimum atomic E-state index is -0.748. The Labute approximate surface area is 184 Å². The van der Waals surface area contributed by atoms with Gasteiger partial charge in [-0.05, 0) is 62.4 Å². The van der Waals surface area contributed by atoms with Crippen LogP contribution in [0, 0.1) is 5.82 Å². The second-order valence-electron chi connectivity index (χ2n) is 6.80. The molecule has 0 bridgehead atoms. The van der Waals surface area contributed by atoms with Crippen molar-refractivity contribution in [1.29, 1.82) is 0 Å². The molecule has 2 amide bonds. The molecule has 0 radical (unpaired) electrons. The van der Waals surface area contributed by atoms with E-state index in [0.29, 0.717) is 30.0 Å². The van der Waals surface area contributed by atoms with Gasteiger partial charge in [-0.1, -0.05) is 0 Å². The number of amides is 2. The summed E-state index contributed by atoms with van der Waals surface area (Å²) < 4.78 is 19.6. The Kier molecular flexibility index (Phi) is 7.33. The van der Waals surface area contributed by atoms with Crippen LogP contribution in [0.3, 0.4) is 0 Å². The first kappa shape index (κ1) is 22.7. The number of imidazole rings is 1. The zero-order valence-electron chi connectivity index (χ0n) is 17.7. The summed E-state index contributed by atoms with van der Waals surface area (Å²) in [6.45, 7) is 4.53. The fraction of sp³-hybridized carbons (Fsp3) is 0.217. The van der Waals surface area contributed by atoms with Crippen LogP contribution in [-0.4, -0.2) is 51.9 Å². The number of carbonyl (C=O) groups excluding carboxylic acids is 3. The van der Waals surface area contributed by atoms with Crippen molar-refractivity contribution in [3.8, 4) is 5.69 Å². The van der Waals surface area contributed by atoms with Crippen LogP contribution in [-0.2, 0) is 9.53 Å². The van der Waals surface area contributed by atoms with E-state index in [1.807, 2.05) is 13.8 Å². The number of rotatable bonds is 8. The fourth-order valence-corrected chi connectivity index (χ4v) is 3.05. The van der Waals surface area contributed by atoms with Crippen LogP contribution in [0.15, 0.2) is 61.1 Å². The molecule has 3 aromatic rings. The number of benzene rings is 2. The Morgan fingerprint density at radius 3 is 2.31 bits per heavy atom. The fourth-order valence-electron chi connectivity index (χ4n) is 3.05. The number of nitrogens with one attached hydrogen (secondary N) is 1. The third kappa shape index (κ3) is 5.37. The van der Waals surface area contributed by atoms with Crippen molar-refractivity contribution in [2.45, 2.75) is 13.8 Å². The molecular formula is C23H23FN4O4. The van der Waals surface area contributed by atoms with Gasteiger partial charge in [0, 0.05) is 30.0 Å². The van der Waals surface area contributed by atoms with Crippen molar-refractivity contribution in [3.63, 3.8) is 0 Å². The van der Waals surface area contributed by atoms with Crippen LogP contribution in [0.5, 0.6) is 0 Å². The largest absolute Gasteiger partial charge is 0.451 e. The van der Waals surface area contributed by atoms with Gasteiger partial charge < -0.3 is 15.0 Å². The van der Waals surface area contributed by atoms with Crippen molar-refractivity contribution in [3.05, 3.63) is 78.1 Å². The van der Waals surface area contributed by atoms with Crippen LogP contribution in [0.25, 0.3) is 5.69 Å². The summed E-state index contributed by atoms with van der Waals surface area (Å²) in [4.78, 5) is 42.5. The van der Waals surface area contributed by atoms with Gasteiger partial charge in [-0.15, -0.1) is 0 Å². The highest BCUT2D eigenvalue weighted by atomic mass is 19.1. The maximum atomic E-state index is 13.1. The van der Waals surface area contributed by atoms with E-state index in [2.05, 4.69) is 10.3 Å². The third-order valence-electron chi connectivity index (χ3n) is 4.75. The molecule has 3 rings (SSSR count). The van der Waals surface area contributed by atoms with Gasteiger partial charge >= 0.3 is 5.97 Å². The van der Waals surface area contributed by atoms with Gasteiger partial charge in [0.25, 0.3) is 11.8 Å². The molecule has 2 aromatic carbocycles. The molecule has 0 saturated heterocycles. The average Bonchev–Trinajstić information content (AvgIpc) is 3.29. The summed E-state index contributed by atoms with van der Waals surface area (Å²) in [7, 11) is 0. The van der Waals surface area contributed by atoms with Crippen LogP contribution in [0.2, 0.25) is 0 Å². The summed E-state index contributed by atoms with van der Waals surface area (Å²) in [6.07, 6.45) is 2.69. The van der Waals surface area contributed by atoms with Crippen molar-refractivity contribution in [2.24, 2.45) is 0 Å². The summed E-state index contributed by atoms with van der Waals surface area (Å²) in [6, 6.07) is 12.0. The molecule has 8 nitrogen and oxygen atoms in total. The highest BCUT2D eigenvalue weighted by molar-refractivity contribution is 5.97. The van der Waals surface area contributed by atoms with E-state index in [1.54, 1.807) is 29.2 Å². The molecule has 166 valence electrons. The smallest absolute Gasteiger partial charge is 0.357 e. The number of hydrogen-bond acceptors (Lipinski definition) is 5. The zero-order chi connectivity index (χ0) is 23.1. The summed E-state index contributed by atoms with van der Waals surface area (Å²) in [5.41, 5.74) is 1.62. The number of nitrogens with zero attached hydrogens (tertiary/aromatic N) is 3. The molecule has 0 aliphatic carbocycles. The maximum absolute atomic E-state index is 13.1. The quantitative estimate of drug-likeness (QED) is 0.545. The Hall–Kier alpha value is -4.01. The zero-order valence-corrected chi connectivity index (χ0v) is 17.7. The van der Waals surface area contributed by atoms with Crippen LogP contribution >= 0.6 is 0 Å². The van der Waals surface area contributed by atoms with Gasteiger partial charge in [-0.25, -0.2) is 14.2 Å². The highest BCUT2D eigenvalue weighted by Gasteiger charge is 2.17. The van der Waals surface area contributed by atoms with E-state index in [0.717, 1.165) is 0 Å². The average molecular weight is 438 g/mol. The van der Waals surface area contributed by atoms with E-state index in [4.69, 9.17) is 4.74 Å². The predicted octanol–water partition coefficient (Wildman–Crippen LogP) is 3.29. The lowest BCUT2D eigenvalue weighted by Crippen LogP contribution is -2.30. The molecule has 0 aliphatic heterocycles. The van der Waals surface area contributed by atoms with Crippen molar-refractivity contribution in [1.82, 2.24) is 14.5 Å². The number of esters is 1. The van der Waals surface area contributed by atoms with Crippen LogP contribution in [0.4, 0.5) is 10.1 Å². The third-order valence-corrected chi connectivity index (χ3v) is 4.75. The van der Waals surface area contributed by atoms with Gasteiger partial charge in [0.1, 0.15) is 5.82 Å². The van der Waals surface area contributed by atoms with Crippen molar-refractivity contribution in [2.75, 3.05) is 25.0 Å². The Morgan fingerprint density at radius 2 is 1.69 bits per heavy atom. The van der Waals surface area contributed by atoms with E-state index in [-0.39, 0.29) is 11.6 Å². The number of halogens is 1. The van der Waals surface area contributed by atoms with Gasteiger partial charge in [0.05, 0.1) is 12.5 Å². The highest BCUT2D eigenvalue weighted by Crippen LogP contribution is 2.14. The van der Waals surface area contributed by atoms with Gasteiger partial charge in [0.2, 0.25) is 0 Å². The molecule has 0 aliphatic rings. The predicted molar refractivity (Wildman–Crippen MR) is 116 cm³/mol. The molecule has 0 atom stereocenters. The summed E-state index contributed by atoms with van der Waals surface area (Å²) >= 11 is 0. The Balaban J connectivity index is 1.56. The van der Waals surface area contributed by atoms with Crippen LogP contribution < -0.4 is 5.32 Å². The molecular weight excluding hydrogens is 415 g/mol. The first-order valence-corrected chi connectivity index (χ1v) is 10.1. The molecule has 9 heteroatoms. The van der Waals surface area contributed by atoms with E-state index in [9.17, 15) is 18.8 Å². The number of carbonyl (C=O) groups is 3. The van der Waals surface area contributed by atoms with Gasteiger partial charge in [-0.2, -0.15) is 0 Å². The van der Waals surface area contributed by atoms with E-state index < -0.39 is 24.3 Å². The normalized spacial score (nSPS) is 10.5. The standard InChI is InChI=1S/C23H23FN4O4/c1-3-27(4-2)22(30)16-5-9-18(10-6-16)26-21(29)14-32-23(31)20-13-25-15-28(20)19-11-7-17(24)8-12-19/h5-13,15H,3-4,14H2,1-2H3,(H,26,29). The number of ether oxygens (including phenoxy) is 1. The topological polar surface area (TPSA) is 93.5 Å². The minimum absolute atomic E-state index is 0.0837. The summed E-state index contributed by atoms with van der Waals surface area (Å²) in [5.74, 6) is -1.77. The monoisotopic (exact) mass is 438 g/mol. The first-order chi connectivity index (χ1) is 15.4. The van der Waals surface area contributed by atoms with E-state index in [1.165, 1.54) is 41.4 Å². The first-order valence-electron chi connectivity index (χ1n) is 10.1. The lowest BCUT2D eigenvalue weighted by atomic mass is 10.2. The van der Waals surface area contributed by atoms with Crippen LogP contribution in [0.1, 0.15) is 34.7 Å². The lowest BCUT2D eigenvalue weighted by Gasteiger charge is -2.18. The number of aromatic nitrogens is 2. The second-order valence-corrected chi connectivity index (χ2v) is 6.80. The molecule has 0 spiro atoms. The Bertz CT molecular complexity index is 1090. The number of hydrogen-bond donors (Lipinski definition) is 1. The molecule has 32 heavy (non-hydrogen) atoms. The summed E-state index contributed by atoms with van der Waals surface area (Å²) in [5, 5.41) is 2.61. The second kappa shape index (κ2) is 10.3. The molecule has 1 aromatic heterocycles. The molecule has 1 heterocycles. The molecule has 0 saturated carbocycles. The number of anilines is 1. The maximum Gasteiger partial charge on any atom is 0.357 e. The molecule has 0 unspecified atom stereocenters. The van der Waals surface area contributed by atoms with Gasteiger partial charge in [0.15, 0.2) is 12.3 Å². The minimum Gasteiger partial charge on any atom is -0.451 e. The lowest BCUT2D eigenvalue weighted by molar-refractivity contribution is -0.119. The van der Waals surface area contributed by atoms with E-state index >= 15 is 0 Å². The van der Waals surface area contributed by atoms with Crippen molar-refractivity contribution < 1.29 is 23.5 Å². The SMILES string of the molecule is CCN(CC)C(=O)c1ccc(NC(=O)COC(=O)c2cncn2-c2ccc(F)cc2)cc1. The van der Waals surface area contributed by atoms with Gasteiger partial charge in [-0.3, -0.25) is 14.2 Å².